The van der Waals surface area contributed by atoms with Crippen LogP contribution in [-0.2, 0) is 73.2 Å². The molecule has 3 radical (unpaired) electrons. The minimum absolute atomic E-state index is 0. The molecule has 12 nitrogen and oxygen atoms in total. The van der Waals surface area contributed by atoms with Crippen LogP contribution in [-0.4, -0.2) is 29.9 Å². The zero-order chi connectivity index (χ0) is 51.4. The minimum atomic E-state index is 0. The number of rotatable bonds is 8. The first kappa shape index (κ1) is 58.5. The third-order valence-electron chi connectivity index (χ3n) is 12.1. The second-order valence-electron chi connectivity index (χ2n) is 20.4. The van der Waals surface area contributed by atoms with E-state index in [1.165, 1.54) is 0 Å². The zero-order valence-electron chi connectivity index (χ0n) is 44.0. The molecule has 12 rings (SSSR count). The molecule has 3 aliphatic rings. The second kappa shape index (κ2) is 25.5. The number of hydrogen-bond donors (Lipinski definition) is 0. The van der Waals surface area contributed by atoms with Gasteiger partial charge in [0.1, 0.15) is 34.9 Å². The van der Waals surface area contributed by atoms with Crippen LogP contribution in [0, 0.1) is 62.9 Å². The summed E-state index contributed by atoms with van der Waals surface area (Å²) in [6, 6.07) is 58.2. The second-order valence-corrected chi connectivity index (χ2v) is 21.3. The van der Waals surface area contributed by atoms with Crippen LogP contribution in [0.3, 0.4) is 0 Å². The Morgan fingerprint density at radius 2 is 0.779 bits per heavy atom. The Kier molecular flexibility index (Phi) is 19.4. The van der Waals surface area contributed by atoms with E-state index in [1.54, 1.807) is 23.7 Å². The number of hydrogen-bond acceptors (Lipinski definition) is 13. The Morgan fingerprint density at radius 1 is 0.416 bits per heavy atom. The number of thiophene rings is 1. The topological polar surface area (TPSA) is 96.8 Å². The molecule has 0 atom stereocenters. The molecule has 3 aliphatic heterocycles. The van der Waals surface area contributed by atoms with Gasteiger partial charge in [-0.25, -0.2) is 29.9 Å². The molecule has 0 fully saturated rings. The quantitative estimate of drug-likeness (QED) is 0.136. The van der Waals surface area contributed by atoms with Gasteiger partial charge in [-0.3, -0.25) is 0 Å². The third kappa shape index (κ3) is 13.6. The van der Waals surface area contributed by atoms with E-state index in [0.29, 0.717) is 0 Å². The van der Waals surface area contributed by atoms with Gasteiger partial charge in [-0.15, -0.1) is 48.4 Å². The van der Waals surface area contributed by atoms with Crippen molar-refractivity contribution in [3.8, 4) is 0 Å². The average Bonchev–Trinajstić information content (AvgIpc) is 4.26. The molecule has 7 heterocycles. The Morgan fingerprint density at radius 3 is 1.17 bits per heavy atom. The number of anilines is 12. The van der Waals surface area contributed by atoms with E-state index in [2.05, 4.69) is 145 Å². The normalized spacial score (nSPS) is 13.2. The monoisotopic (exact) mass is 1570 g/mol. The predicted molar refractivity (Wildman–Crippen MR) is 301 cm³/mol. The Bertz CT molecular complexity index is 3140. The SMILES string of the molecule is CC(C)(C)Cc1nc2c(nc1CC(C)(C)C)N(c1ccccc1)[CH-]N2c1[c-]cccc1.Cc1nc2c(nc1C)N(c1ccccc1)[CH-]N2c1[c-]cccc1.[Ir].[Ir].[Ir].[c-]1ccccc1N1[CH-]N(c2cccs2)c2nccnc21. The van der Waals surface area contributed by atoms with Gasteiger partial charge in [0, 0.05) is 84.1 Å². The van der Waals surface area contributed by atoms with Crippen molar-refractivity contribution in [1.82, 2.24) is 29.9 Å². The van der Waals surface area contributed by atoms with Gasteiger partial charge in [0.2, 0.25) is 0 Å². The van der Waals surface area contributed by atoms with Gasteiger partial charge in [0.05, 0.1) is 27.8 Å². The number of aryl methyl sites for hydroxylation is 2. The van der Waals surface area contributed by atoms with E-state index in [0.717, 1.165) is 104 Å². The maximum Gasteiger partial charge on any atom is 0.146 e. The third-order valence-corrected chi connectivity index (χ3v) is 12.9. The van der Waals surface area contributed by atoms with Crippen molar-refractivity contribution in [2.45, 2.75) is 68.2 Å². The van der Waals surface area contributed by atoms with Gasteiger partial charge in [-0.2, -0.15) is 91.0 Å². The van der Waals surface area contributed by atoms with Crippen molar-refractivity contribution in [2.24, 2.45) is 10.8 Å². The molecule has 0 N–H and O–H groups in total. The number of para-hydroxylation sites is 5. The fourth-order valence-electron chi connectivity index (χ4n) is 8.59. The molecular formula is C61H58Ir3N12S-6. The Balaban J connectivity index is 0.000000169. The maximum atomic E-state index is 5.23. The van der Waals surface area contributed by atoms with Crippen molar-refractivity contribution >= 4 is 79.7 Å². The smallest absolute Gasteiger partial charge is 0.146 e. The fraction of sp³-hybridized carbons (Fsp3) is 0.197. The van der Waals surface area contributed by atoms with Crippen LogP contribution in [0.5, 0.6) is 0 Å². The summed E-state index contributed by atoms with van der Waals surface area (Å²) >= 11 is 1.67. The van der Waals surface area contributed by atoms with Crippen LogP contribution in [0.25, 0.3) is 0 Å². The standard InChI is InChI=1S/C27H32N4.C19H16N4.C15H10N4S.3Ir/c1-26(2,3)17-22-23(18-27(4,5)6)29-25-24(28-22)30(20-13-9-7-10-14-20)19-31(25)21-15-11-8-12-16-21;1-14-15(2)21-19-18(20-14)22(16-9-5-3-6-10-16)13-23(19)17-11-7-4-8-12-17;1-2-5-12(6-3-1)18-11-19(13-7-4-10-20-13)15-14(18)16-8-9-17-15;;;/h7-15,19H,17-18H2,1-6H3;3-11,13H,1-2H3;1-5,7-11H;;;/q3*-2;;;. The van der Waals surface area contributed by atoms with Crippen molar-refractivity contribution < 1.29 is 60.3 Å². The molecule has 0 amide bonds. The summed E-state index contributed by atoms with van der Waals surface area (Å²) < 4.78 is 0. The van der Waals surface area contributed by atoms with Gasteiger partial charge < -0.3 is 29.4 Å². The van der Waals surface area contributed by atoms with Gasteiger partial charge in [0.15, 0.2) is 0 Å². The molecule has 4 aromatic heterocycles. The van der Waals surface area contributed by atoms with Crippen molar-refractivity contribution in [3.05, 3.63) is 224 Å². The average molecular weight is 1570 g/mol. The van der Waals surface area contributed by atoms with Crippen molar-refractivity contribution in [3.63, 3.8) is 0 Å². The molecule has 77 heavy (non-hydrogen) atoms. The summed E-state index contributed by atoms with van der Waals surface area (Å²) in [4.78, 5) is 41.3. The first-order valence-corrected chi connectivity index (χ1v) is 25.6. The number of nitrogens with zero attached hydrogens (tertiary/aromatic N) is 12. The van der Waals surface area contributed by atoms with E-state index in [4.69, 9.17) is 19.9 Å². The molecule has 0 spiro atoms. The number of fused-ring (bicyclic) bond motifs is 3. The maximum absolute atomic E-state index is 5.23. The van der Waals surface area contributed by atoms with Crippen LogP contribution < -0.4 is 29.4 Å². The van der Waals surface area contributed by atoms with Crippen LogP contribution in [0.15, 0.2) is 163 Å². The van der Waals surface area contributed by atoms with Crippen LogP contribution in [0.2, 0.25) is 0 Å². The summed E-state index contributed by atoms with van der Waals surface area (Å²) in [5.41, 5.74) is 9.30. The van der Waals surface area contributed by atoms with E-state index in [9.17, 15) is 0 Å². The molecule has 0 bridgehead atoms. The van der Waals surface area contributed by atoms with Crippen molar-refractivity contribution in [1.29, 1.82) is 0 Å². The van der Waals surface area contributed by atoms with E-state index < -0.39 is 0 Å². The number of aromatic nitrogens is 6. The molecule has 16 heteroatoms. The minimum Gasteiger partial charge on any atom is -0.477 e. The summed E-state index contributed by atoms with van der Waals surface area (Å²) in [6.45, 7) is 23.6. The molecule has 0 unspecified atom stereocenters. The summed E-state index contributed by atoms with van der Waals surface area (Å²) in [5, 5.41) is 3.17. The van der Waals surface area contributed by atoms with E-state index in [1.807, 2.05) is 139 Å². The van der Waals surface area contributed by atoms with Gasteiger partial charge in [-0.05, 0) is 79.3 Å². The van der Waals surface area contributed by atoms with Crippen LogP contribution in [0.4, 0.5) is 68.3 Å². The predicted octanol–water partition coefficient (Wildman–Crippen LogP) is 14.9. The van der Waals surface area contributed by atoms with Gasteiger partial charge in [-0.1, -0.05) is 77.9 Å². The first-order chi connectivity index (χ1) is 35.8. The fourth-order valence-corrected chi connectivity index (χ4v) is 9.29. The van der Waals surface area contributed by atoms with Crippen LogP contribution in [0.1, 0.15) is 64.3 Å². The molecule has 0 saturated carbocycles. The van der Waals surface area contributed by atoms with E-state index >= 15 is 0 Å². The molecule has 9 aromatic rings. The largest absolute Gasteiger partial charge is 0.477 e. The molecule has 0 aliphatic carbocycles. The summed E-state index contributed by atoms with van der Waals surface area (Å²) in [7, 11) is 0. The van der Waals surface area contributed by atoms with Crippen molar-refractivity contribution in [2.75, 3.05) is 29.4 Å². The molecule has 5 aromatic carbocycles. The number of benzene rings is 5. The molecular weight excluding hydrogens is 1510 g/mol. The Labute approximate surface area is 498 Å². The summed E-state index contributed by atoms with van der Waals surface area (Å²) in [5.74, 6) is 5.08. The summed E-state index contributed by atoms with van der Waals surface area (Å²) in [6.07, 6.45) is 5.20. The molecule has 401 valence electrons. The zero-order valence-corrected chi connectivity index (χ0v) is 52.0. The molecule has 0 saturated heterocycles. The Hall–Kier alpha value is -6.21. The van der Waals surface area contributed by atoms with E-state index in [-0.39, 0.29) is 71.1 Å². The van der Waals surface area contributed by atoms with Crippen LogP contribution >= 0.6 is 11.3 Å². The first-order valence-electron chi connectivity index (χ1n) is 24.7. The van der Waals surface area contributed by atoms with Gasteiger partial charge >= 0.3 is 0 Å². The van der Waals surface area contributed by atoms with Gasteiger partial charge in [0.25, 0.3) is 0 Å².